The standard InChI is InChI=1S/C18H13FN2O2S/c1-21(12-8-6-11(19)7-9-12)18(22)16-14-10-24-15-5-3-2-4-13(15)17(14)23-20-16/h2-9H,10H2,1H3. The van der Waals surface area contributed by atoms with Crippen LogP contribution in [0.25, 0.3) is 11.3 Å². The fourth-order valence-corrected chi connectivity index (χ4v) is 3.75. The molecule has 2 aromatic carbocycles. The maximum absolute atomic E-state index is 13.1. The van der Waals surface area contributed by atoms with Crippen LogP contribution in [0.2, 0.25) is 0 Å². The number of amides is 1. The molecule has 4 rings (SSSR count). The van der Waals surface area contributed by atoms with Crippen molar-refractivity contribution in [3.05, 3.63) is 65.6 Å². The van der Waals surface area contributed by atoms with E-state index in [0.29, 0.717) is 22.9 Å². The number of halogens is 1. The number of hydrogen-bond donors (Lipinski definition) is 0. The fraction of sp³-hybridized carbons (Fsp3) is 0.111. The fourth-order valence-electron chi connectivity index (χ4n) is 2.69. The van der Waals surface area contributed by atoms with E-state index < -0.39 is 0 Å². The summed E-state index contributed by atoms with van der Waals surface area (Å²) in [5.41, 5.74) is 2.67. The first-order valence-corrected chi connectivity index (χ1v) is 8.38. The predicted octanol–water partition coefficient (Wildman–Crippen LogP) is 4.36. The SMILES string of the molecule is CN(C(=O)c1noc2c1CSc1ccccc1-2)c1ccc(F)cc1. The monoisotopic (exact) mass is 340 g/mol. The molecule has 6 heteroatoms. The second kappa shape index (κ2) is 5.79. The van der Waals surface area contributed by atoms with Gasteiger partial charge >= 0.3 is 0 Å². The number of rotatable bonds is 2. The Morgan fingerprint density at radius 3 is 2.75 bits per heavy atom. The zero-order valence-corrected chi connectivity index (χ0v) is 13.6. The van der Waals surface area contributed by atoms with E-state index in [2.05, 4.69) is 5.16 Å². The summed E-state index contributed by atoms with van der Waals surface area (Å²) in [6.07, 6.45) is 0. The Balaban J connectivity index is 1.70. The van der Waals surface area contributed by atoms with Crippen LogP contribution in [0.15, 0.2) is 57.9 Å². The molecule has 0 spiro atoms. The van der Waals surface area contributed by atoms with Crippen molar-refractivity contribution in [1.82, 2.24) is 5.16 Å². The van der Waals surface area contributed by atoms with Crippen molar-refractivity contribution < 1.29 is 13.7 Å². The van der Waals surface area contributed by atoms with Gasteiger partial charge in [0.1, 0.15) is 5.82 Å². The topological polar surface area (TPSA) is 46.3 Å². The van der Waals surface area contributed by atoms with Crippen molar-refractivity contribution >= 4 is 23.4 Å². The highest BCUT2D eigenvalue weighted by atomic mass is 32.2. The molecule has 1 aromatic heterocycles. The molecule has 0 N–H and O–H groups in total. The minimum absolute atomic E-state index is 0.272. The average molecular weight is 340 g/mol. The van der Waals surface area contributed by atoms with E-state index in [1.807, 2.05) is 24.3 Å². The largest absolute Gasteiger partial charge is 0.355 e. The molecule has 2 heterocycles. The Morgan fingerprint density at radius 2 is 1.96 bits per heavy atom. The molecule has 1 aliphatic rings. The Bertz CT molecular complexity index is 921. The van der Waals surface area contributed by atoms with E-state index >= 15 is 0 Å². The van der Waals surface area contributed by atoms with Crippen molar-refractivity contribution in [2.45, 2.75) is 10.6 Å². The van der Waals surface area contributed by atoms with Crippen LogP contribution in [0.1, 0.15) is 16.1 Å². The second-order valence-corrected chi connectivity index (χ2v) is 6.48. The van der Waals surface area contributed by atoms with Crippen molar-refractivity contribution in [2.75, 3.05) is 11.9 Å². The summed E-state index contributed by atoms with van der Waals surface area (Å²) in [5, 5.41) is 4.01. The molecular weight excluding hydrogens is 327 g/mol. The normalized spacial score (nSPS) is 12.4. The smallest absolute Gasteiger partial charge is 0.280 e. The van der Waals surface area contributed by atoms with Crippen LogP contribution in [0, 0.1) is 5.82 Å². The summed E-state index contributed by atoms with van der Waals surface area (Å²) in [4.78, 5) is 15.3. The Hall–Kier alpha value is -2.60. The van der Waals surface area contributed by atoms with Crippen LogP contribution in [-0.4, -0.2) is 18.1 Å². The van der Waals surface area contributed by atoms with Crippen LogP contribution < -0.4 is 4.90 Å². The van der Waals surface area contributed by atoms with Gasteiger partial charge in [-0.15, -0.1) is 11.8 Å². The molecule has 0 aliphatic carbocycles. The summed E-state index contributed by atoms with van der Waals surface area (Å²) in [5.74, 6) is 0.673. The van der Waals surface area contributed by atoms with E-state index in [0.717, 1.165) is 16.0 Å². The lowest BCUT2D eigenvalue weighted by Crippen LogP contribution is -2.27. The van der Waals surface area contributed by atoms with Crippen LogP contribution in [0.3, 0.4) is 0 Å². The Morgan fingerprint density at radius 1 is 1.21 bits per heavy atom. The van der Waals surface area contributed by atoms with Gasteiger partial charge in [-0.25, -0.2) is 4.39 Å². The lowest BCUT2D eigenvalue weighted by Gasteiger charge is -2.18. The molecule has 3 aromatic rings. The van der Waals surface area contributed by atoms with Crippen LogP contribution in [-0.2, 0) is 5.75 Å². The van der Waals surface area contributed by atoms with Gasteiger partial charge in [-0.1, -0.05) is 17.3 Å². The highest BCUT2D eigenvalue weighted by Crippen LogP contribution is 2.42. The summed E-state index contributed by atoms with van der Waals surface area (Å²) in [6, 6.07) is 13.7. The molecule has 0 bridgehead atoms. The van der Waals surface area contributed by atoms with E-state index in [4.69, 9.17) is 4.52 Å². The van der Waals surface area contributed by atoms with Crippen molar-refractivity contribution in [3.63, 3.8) is 0 Å². The van der Waals surface area contributed by atoms with Gasteiger partial charge in [0.15, 0.2) is 11.5 Å². The molecule has 4 nitrogen and oxygen atoms in total. The maximum atomic E-state index is 13.1. The lowest BCUT2D eigenvalue weighted by atomic mass is 10.1. The third-order valence-corrected chi connectivity index (χ3v) is 5.11. The first kappa shape index (κ1) is 15.0. The van der Waals surface area contributed by atoms with E-state index in [-0.39, 0.29) is 11.7 Å². The molecular formula is C18H13FN2O2S. The van der Waals surface area contributed by atoms with Crippen molar-refractivity contribution in [3.8, 4) is 11.3 Å². The van der Waals surface area contributed by atoms with Gasteiger partial charge in [0.05, 0.1) is 0 Å². The van der Waals surface area contributed by atoms with Crippen molar-refractivity contribution in [1.29, 1.82) is 0 Å². The number of thioether (sulfide) groups is 1. The molecule has 120 valence electrons. The number of hydrogen-bond acceptors (Lipinski definition) is 4. The van der Waals surface area contributed by atoms with E-state index in [1.165, 1.54) is 17.0 Å². The highest BCUT2D eigenvalue weighted by Gasteiger charge is 2.29. The van der Waals surface area contributed by atoms with Gasteiger partial charge in [-0.2, -0.15) is 0 Å². The number of carbonyl (C=O) groups is 1. The second-order valence-electron chi connectivity index (χ2n) is 5.46. The number of benzene rings is 2. The molecule has 0 atom stereocenters. The van der Waals surface area contributed by atoms with Crippen LogP contribution in [0.4, 0.5) is 10.1 Å². The van der Waals surface area contributed by atoms with Crippen LogP contribution >= 0.6 is 11.8 Å². The Kier molecular flexibility index (Phi) is 3.61. The molecule has 0 saturated heterocycles. The number of aromatic nitrogens is 1. The summed E-state index contributed by atoms with van der Waals surface area (Å²) in [6.45, 7) is 0. The number of fused-ring (bicyclic) bond motifs is 3. The summed E-state index contributed by atoms with van der Waals surface area (Å²) < 4.78 is 18.5. The molecule has 1 aliphatic heterocycles. The molecule has 0 fully saturated rings. The molecule has 0 radical (unpaired) electrons. The van der Waals surface area contributed by atoms with Gasteiger partial charge in [0, 0.05) is 34.5 Å². The number of carbonyl (C=O) groups excluding carboxylic acids is 1. The first-order valence-electron chi connectivity index (χ1n) is 7.39. The number of anilines is 1. The average Bonchev–Trinajstić information content (AvgIpc) is 3.05. The number of nitrogens with zero attached hydrogens (tertiary/aromatic N) is 2. The quantitative estimate of drug-likeness (QED) is 0.695. The third-order valence-electron chi connectivity index (χ3n) is 4.01. The van der Waals surface area contributed by atoms with Gasteiger partial charge in [-0.05, 0) is 36.4 Å². The first-order chi connectivity index (χ1) is 11.6. The van der Waals surface area contributed by atoms with Crippen molar-refractivity contribution in [2.24, 2.45) is 0 Å². The van der Waals surface area contributed by atoms with Gasteiger partial charge in [0.2, 0.25) is 0 Å². The molecule has 0 unspecified atom stereocenters. The van der Waals surface area contributed by atoms with Crippen LogP contribution in [0.5, 0.6) is 0 Å². The van der Waals surface area contributed by atoms with Gasteiger partial charge in [-0.3, -0.25) is 4.79 Å². The van der Waals surface area contributed by atoms with E-state index in [9.17, 15) is 9.18 Å². The summed E-state index contributed by atoms with van der Waals surface area (Å²) in [7, 11) is 1.64. The third kappa shape index (κ3) is 2.39. The van der Waals surface area contributed by atoms with Gasteiger partial charge < -0.3 is 9.42 Å². The van der Waals surface area contributed by atoms with E-state index in [1.54, 1.807) is 30.9 Å². The zero-order valence-electron chi connectivity index (χ0n) is 12.8. The highest BCUT2D eigenvalue weighted by molar-refractivity contribution is 7.98. The maximum Gasteiger partial charge on any atom is 0.280 e. The molecule has 1 amide bonds. The van der Waals surface area contributed by atoms with Gasteiger partial charge in [0.25, 0.3) is 5.91 Å². The lowest BCUT2D eigenvalue weighted by molar-refractivity contribution is 0.0984. The molecule has 24 heavy (non-hydrogen) atoms. The minimum atomic E-state index is -0.341. The summed E-state index contributed by atoms with van der Waals surface area (Å²) >= 11 is 1.66. The predicted molar refractivity (Wildman–Crippen MR) is 90.6 cm³/mol. The molecule has 0 saturated carbocycles. The zero-order chi connectivity index (χ0) is 16.7. The Labute approximate surface area is 142 Å². The minimum Gasteiger partial charge on any atom is -0.355 e.